The lowest BCUT2D eigenvalue weighted by Crippen LogP contribution is -1.99. The van der Waals surface area contributed by atoms with E-state index in [0.717, 1.165) is 22.5 Å². The molecule has 0 saturated heterocycles. The number of rotatable bonds is 4. The summed E-state index contributed by atoms with van der Waals surface area (Å²) < 4.78 is 1.72. The first-order valence-corrected chi connectivity index (χ1v) is 6.87. The van der Waals surface area contributed by atoms with Gasteiger partial charge in [-0.15, -0.1) is 0 Å². The number of hydrogen-bond donors (Lipinski definition) is 2. The van der Waals surface area contributed by atoms with Gasteiger partial charge in [-0.3, -0.25) is 0 Å². The fraction of sp³-hybridized carbons (Fsp3) is 0.0588. The van der Waals surface area contributed by atoms with E-state index in [9.17, 15) is 4.79 Å². The molecular weight excluding hydrogens is 278 g/mol. The van der Waals surface area contributed by atoms with Gasteiger partial charge >= 0.3 is 5.97 Å². The lowest BCUT2D eigenvalue weighted by molar-refractivity contribution is 0.0697. The van der Waals surface area contributed by atoms with Crippen LogP contribution in [-0.2, 0) is 6.54 Å². The Morgan fingerprint density at radius 2 is 1.77 bits per heavy atom. The fourth-order valence-electron chi connectivity index (χ4n) is 2.29. The highest BCUT2D eigenvalue weighted by atomic mass is 16.4. The Bertz CT molecular complexity index is 793. The summed E-state index contributed by atoms with van der Waals surface area (Å²) in [6.07, 6.45) is 1.87. The molecule has 2 aromatic carbocycles. The summed E-state index contributed by atoms with van der Waals surface area (Å²) in [4.78, 5) is 10.9. The van der Waals surface area contributed by atoms with Crippen LogP contribution in [0.15, 0.2) is 60.8 Å². The predicted octanol–water partition coefficient (Wildman–Crippen LogP) is 2.70. The molecule has 0 unspecified atom stereocenters. The normalized spacial score (nSPS) is 10.6. The monoisotopic (exact) mass is 293 g/mol. The summed E-state index contributed by atoms with van der Waals surface area (Å²) in [6, 6.07) is 16.4. The second kappa shape index (κ2) is 5.83. The molecule has 0 fully saturated rings. The minimum absolute atomic E-state index is 0.248. The third-order valence-corrected chi connectivity index (χ3v) is 3.44. The number of aromatic carboxylic acids is 1. The molecule has 1 aromatic heterocycles. The summed E-state index contributed by atoms with van der Waals surface area (Å²) in [6.45, 7) is 0.386. The van der Waals surface area contributed by atoms with E-state index in [-0.39, 0.29) is 5.56 Å². The van der Waals surface area contributed by atoms with Crippen LogP contribution in [-0.4, -0.2) is 20.9 Å². The maximum atomic E-state index is 10.9. The van der Waals surface area contributed by atoms with Gasteiger partial charge in [0.25, 0.3) is 0 Å². The first kappa shape index (κ1) is 14.0. The Hall–Kier alpha value is -2.92. The van der Waals surface area contributed by atoms with Gasteiger partial charge in [-0.1, -0.05) is 30.3 Å². The first-order chi connectivity index (χ1) is 10.7. The summed E-state index contributed by atoms with van der Waals surface area (Å²) in [5.74, 6) is -0.945. The Balaban J connectivity index is 2.02. The van der Waals surface area contributed by atoms with Crippen LogP contribution >= 0.6 is 0 Å². The highest BCUT2D eigenvalue weighted by molar-refractivity contribution is 5.87. The summed E-state index contributed by atoms with van der Waals surface area (Å²) in [7, 11) is 0. The van der Waals surface area contributed by atoms with Gasteiger partial charge in [-0.2, -0.15) is 5.10 Å². The molecule has 0 radical (unpaired) electrons. The minimum atomic E-state index is -0.945. The zero-order valence-electron chi connectivity index (χ0n) is 11.8. The van der Waals surface area contributed by atoms with Crippen molar-refractivity contribution in [3.63, 3.8) is 0 Å². The van der Waals surface area contributed by atoms with E-state index >= 15 is 0 Å². The molecule has 5 nitrogen and oxygen atoms in total. The number of aromatic nitrogens is 2. The number of hydrogen-bond acceptors (Lipinski definition) is 3. The Labute approximate surface area is 127 Å². The zero-order chi connectivity index (χ0) is 15.5. The SMILES string of the molecule is NCc1cn(-c2ccc(C(=O)O)cc2)nc1-c1ccccc1. The molecule has 0 bridgehead atoms. The zero-order valence-corrected chi connectivity index (χ0v) is 11.8. The van der Waals surface area contributed by atoms with Gasteiger partial charge in [0.1, 0.15) is 0 Å². The quantitative estimate of drug-likeness (QED) is 0.775. The van der Waals surface area contributed by atoms with Gasteiger partial charge < -0.3 is 10.8 Å². The van der Waals surface area contributed by atoms with E-state index in [1.54, 1.807) is 28.9 Å². The number of carbonyl (C=O) groups is 1. The highest BCUT2D eigenvalue weighted by Gasteiger charge is 2.11. The van der Waals surface area contributed by atoms with E-state index in [0.29, 0.717) is 6.54 Å². The molecule has 1 heterocycles. The van der Waals surface area contributed by atoms with E-state index in [2.05, 4.69) is 5.10 Å². The molecule has 0 saturated carbocycles. The lowest BCUT2D eigenvalue weighted by Gasteiger charge is -2.02. The fourth-order valence-corrected chi connectivity index (χ4v) is 2.29. The van der Waals surface area contributed by atoms with Crippen molar-refractivity contribution in [1.82, 2.24) is 9.78 Å². The highest BCUT2D eigenvalue weighted by Crippen LogP contribution is 2.23. The van der Waals surface area contributed by atoms with Crippen LogP contribution in [0.3, 0.4) is 0 Å². The molecule has 5 heteroatoms. The van der Waals surface area contributed by atoms with Gasteiger partial charge in [-0.05, 0) is 24.3 Å². The molecule has 3 rings (SSSR count). The van der Waals surface area contributed by atoms with E-state index in [1.165, 1.54) is 0 Å². The number of carboxylic acid groups (broad SMARTS) is 1. The van der Waals surface area contributed by atoms with Gasteiger partial charge in [0.15, 0.2) is 0 Å². The molecule has 3 N–H and O–H groups in total. The van der Waals surface area contributed by atoms with Crippen molar-refractivity contribution in [3.05, 3.63) is 71.9 Å². The molecule has 3 aromatic rings. The average Bonchev–Trinajstić information content (AvgIpc) is 3.00. The van der Waals surface area contributed by atoms with Crippen LogP contribution in [0, 0.1) is 0 Å². The van der Waals surface area contributed by atoms with Gasteiger partial charge in [0.05, 0.1) is 16.9 Å². The minimum Gasteiger partial charge on any atom is -0.478 e. The molecule has 0 aliphatic rings. The summed E-state index contributed by atoms with van der Waals surface area (Å²) in [5, 5.41) is 13.5. The average molecular weight is 293 g/mol. The van der Waals surface area contributed by atoms with Crippen molar-refractivity contribution in [2.24, 2.45) is 5.73 Å². The van der Waals surface area contributed by atoms with Crippen LogP contribution in [0.5, 0.6) is 0 Å². The van der Waals surface area contributed by atoms with Crippen LogP contribution in [0.2, 0.25) is 0 Å². The maximum Gasteiger partial charge on any atom is 0.335 e. The Kier molecular flexibility index (Phi) is 3.72. The van der Waals surface area contributed by atoms with Crippen LogP contribution in [0.25, 0.3) is 16.9 Å². The van der Waals surface area contributed by atoms with Crippen molar-refractivity contribution in [3.8, 4) is 16.9 Å². The molecule has 0 spiro atoms. The smallest absolute Gasteiger partial charge is 0.335 e. The molecule has 0 aliphatic heterocycles. The van der Waals surface area contributed by atoms with Crippen molar-refractivity contribution >= 4 is 5.97 Å². The summed E-state index contributed by atoms with van der Waals surface area (Å²) in [5.41, 5.74) is 9.63. The molecular formula is C17H15N3O2. The number of nitrogens with two attached hydrogens (primary N) is 1. The third kappa shape index (κ3) is 2.62. The van der Waals surface area contributed by atoms with E-state index in [1.807, 2.05) is 36.5 Å². The standard InChI is InChI=1S/C17H15N3O2/c18-10-14-11-20(15-8-6-13(7-9-15)17(21)22)19-16(14)12-4-2-1-3-5-12/h1-9,11H,10,18H2,(H,21,22). The second-order valence-corrected chi connectivity index (χ2v) is 4.87. The maximum absolute atomic E-state index is 10.9. The van der Waals surface area contributed by atoms with Gasteiger partial charge in [0.2, 0.25) is 0 Å². The lowest BCUT2D eigenvalue weighted by atomic mass is 10.1. The summed E-state index contributed by atoms with van der Waals surface area (Å²) >= 11 is 0. The number of nitrogens with zero attached hydrogens (tertiary/aromatic N) is 2. The van der Waals surface area contributed by atoms with Gasteiger partial charge in [-0.25, -0.2) is 9.48 Å². The second-order valence-electron chi connectivity index (χ2n) is 4.87. The predicted molar refractivity (Wildman–Crippen MR) is 83.9 cm³/mol. The van der Waals surface area contributed by atoms with Crippen molar-refractivity contribution in [2.45, 2.75) is 6.54 Å². The van der Waals surface area contributed by atoms with E-state index < -0.39 is 5.97 Å². The van der Waals surface area contributed by atoms with Crippen molar-refractivity contribution in [1.29, 1.82) is 0 Å². The van der Waals surface area contributed by atoms with Crippen LogP contribution in [0.1, 0.15) is 15.9 Å². The molecule has 110 valence electrons. The third-order valence-electron chi connectivity index (χ3n) is 3.44. The molecule has 0 atom stereocenters. The van der Waals surface area contributed by atoms with Crippen molar-refractivity contribution < 1.29 is 9.90 Å². The Morgan fingerprint density at radius 3 is 2.36 bits per heavy atom. The van der Waals surface area contributed by atoms with Crippen LogP contribution in [0.4, 0.5) is 0 Å². The van der Waals surface area contributed by atoms with Crippen LogP contribution < -0.4 is 5.73 Å². The molecule has 0 amide bonds. The van der Waals surface area contributed by atoms with E-state index in [4.69, 9.17) is 10.8 Å². The Morgan fingerprint density at radius 1 is 1.09 bits per heavy atom. The van der Waals surface area contributed by atoms with Gasteiger partial charge in [0, 0.05) is 23.9 Å². The topological polar surface area (TPSA) is 81.1 Å². The molecule has 0 aliphatic carbocycles. The molecule has 22 heavy (non-hydrogen) atoms. The largest absolute Gasteiger partial charge is 0.478 e. The van der Waals surface area contributed by atoms with Crippen molar-refractivity contribution in [2.75, 3.05) is 0 Å². The number of carboxylic acids is 1. The number of benzene rings is 2. The first-order valence-electron chi connectivity index (χ1n) is 6.87.